The zero-order chi connectivity index (χ0) is 22.6. The lowest BCUT2D eigenvalue weighted by atomic mass is 10.1. The van der Waals surface area contributed by atoms with E-state index in [2.05, 4.69) is 34.1 Å². The molecule has 0 saturated heterocycles. The number of benzene rings is 4. The Morgan fingerprint density at radius 1 is 0.697 bits per heavy atom. The molecule has 5 nitrogen and oxygen atoms in total. The summed E-state index contributed by atoms with van der Waals surface area (Å²) in [6.45, 7) is 0. The topological polar surface area (TPSA) is 68.2 Å². The lowest BCUT2D eigenvalue weighted by Gasteiger charge is -2.10. The van der Waals surface area contributed by atoms with Crippen LogP contribution in [-0.4, -0.2) is 18.9 Å². The standard InChI is InChI=1S/C27H18N2O3S/c30-27-22-15-14-18(29-25-12-6-4-10-20(25)21-11-5-7-13-26(21)29)16-23(22)24(28-27)17-33(31,32)19-8-2-1-3-9-19/h1-17H,(H,28,30)/b24-17-. The molecule has 0 bridgehead atoms. The molecule has 1 aromatic heterocycles. The van der Waals surface area contributed by atoms with E-state index in [4.69, 9.17) is 0 Å². The highest BCUT2D eigenvalue weighted by Gasteiger charge is 2.27. The van der Waals surface area contributed by atoms with Gasteiger partial charge in [-0.15, -0.1) is 0 Å². The molecule has 0 unspecified atom stereocenters. The smallest absolute Gasteiger partial charge is 0.256 e. The van der Waals surface area contributed by atoms with Gasteiger partial charge in [0.25, 0.3) is 5.91 Å². The Kier molecular flexibility index (Phi) is 4.25. The second-order valence-electron chi connectivity index (χ2n) is 7.94. The van der Waals surface area contributed by atoms with Crippen LogP contribution in [0.4, 0.5) is 0 Å². The van der Waals surface area contributed by atoms with Crippen molar-refractivity contribution in [3.63, 3.8) is 0 Å². The number of fused-ring (bicyclic) bond motifs is 4. The first kappa shape index (κ1) is 19.5. The largest absolute Gasteiger partial charge is 0.321 e. The lowest BCUT2D eigenvalue weighted by molar-refractivity contribution is 0.0981. The quantitative estimate of drug-likeness (QED) is 0.406. The second kappa shape index (κ2) is 7.18. The van der Waals surface area contributed by atoms with Gasteiger partial charge in [-0.05, 0) is 42.5 Å². The van der Waals surface area contributed by atoms with E-state index in [1.54, 1.807) is 36.4 Å². The fourth-order valence-electron chi connectivity index (χ4n) is 4.48. The molecule has 6 heteroatoms. The molecular weight excluding hydrogens is 432 g/mol. The third kappa shape index (κ3) is 3.07. The predicted molar refractivity (Wildman–Crippen MR) is 130 cm³/mol. The van der Waals surface area contributed by atoms with E-state index in [0.29, 0.717) is 11.1 Å². The van der Waals surface area contributed by atoms with Crippen molar-refractivity contribution in [2.24, 2.45) is 0 Å². The number of nitrogens with zero attached hydrogens (tertiary/aromatic N) is 1. The van der Waals surface area contributed by atoms with Crippen molar-refractivity contribution < 1.29 is 13.2 Å². The maximum atomic E-state index is 12.9. The van der Waals surface area contributed by atoms with Gasteiger partial charge in [0.05, 0.1) is 27.0 Å². The molecule has 2 heterocycles. The van der Waals surface area contributed by atoms with Crippen molar-refractivity contribution in [3.05, 3.63) is 114 Å². The first-order valence-corrected chi connectivity index (χ1v) is 12.0. The Labute approximate surface area is 190 Å². The van der Waals surface area contributed by atoms with Crippen LogP contribution >= 0.6 is 0 Å². The highest BCUT2D eigenvalue weighted by Crippen LogP contribution is 2.34. The van der Waals surface area contributed by atoms with Crippen LogP contribution < -0.4 is 5.32 Å². The molecule has 0 radical (unpaired) electrons. The molecule has 1 amide bonds. The van der Waals surface area contributed by atoms with Gasteiger partial charge in [0.15, 0.2) is 0 Å². The number of amides is 1. The Hall–Kier alpha value is -4.16. The number of nitrogens with one attached hydrogen (secondary N) is 1. The normalized spacial score (nSPS) is 14.7. The lowest BCUT2D eigenvalue weighted by Crippen LogP contribution is -2.13. The number of carbonyl (C=O) groups is 1. The molecule has 1 N–H and O–H groups in total. The molecule has 0 spiro atoms. The summed E-state index contributed by atoms with van der Waals surface area (Å²) in [5, 5.41) is 6.13. The first-order valence-electron chi connectivity index (χ1n) is 10.5. The Morgan fingerprint density at radius 3 is 1.97 bits per heavy atom. The molecule has 0 aliphatic carbocycles. The fraction of sp³-hybridized carbons (Fsp3) is 0. The molecule has 1 aliphatic heterocycles. The van der Waals surface area contributed by atoms with E-state index >= 15 is 0 Å². The molecule has 4 aromatic carbocycles. The fourth-order valence-corrected chi connectivity index (χ4v) is 5.64. The van der Waals surface area contributed by atoms with Gasteiger partial charge in [0, 0.05) is 27.6 Å². The van der Waals surface area contributed by atoms with Crippen LogP contribution in [0, 0.1) is 0 Å². The van der Waals surface area contributed by atoms with E-state index in [0.717, 1.165) is 32.9 Å². The third-order valence-corrected chi connectivity index (χ3v) is 7.44. The van der Waals surface area contributed by atoms with E-state index in [1.807, 2.05) is 36.4 Å². The van der Waals surface area contributed by atoms with E-state index < -0.39 is 9.84 Å². The number of rotatable bonds is 3. The minimum Gasteiger partial charge on any atom is -0.321 e. The van der Waals surface area contributed by atoms with E-state index in [1.165, 1.54) is 0 Å². The minimum absolute atomic E-state index is 0.179. The molecule has 33 heavy (non-hydrogen) atoms. The van der Waals surface area contributed by atoms with Gasteiger partial charge in [0.2, 0.25) is 9.84 Å². The van der Waals surface area contributed by atoms with Crippen molar-refractivity contribution in [1.82, 2.24) is 9.88 Å². The van der Waals surface area contributed by atoms with Gasteiger partial charge in [-0.2, -0.15) is 0 Å². The van der Waals surface area contributed by atoms with Crippen LogP contribution in [0.3, 0.4) is 0 Å². The highest BCUT2D eigenvalue weighted by atomic mass is 32.2. The van der Waals surface area contributed by atoms with Crippen LogP contribution in [0.15, 0.2) is 107 Å². The molecule has 0 fully saturated rings. The summed E-state index contributed by atoms with van der Waals surface area (Å²) in [6, 6.07) is 30.0. The van der Waals surface area contributed by atoms with Crippen molar-refractivity contribution in [3.8, 4) is 5.69 Å². The third-order valence-electron chi connectivity index (χ3n) is 5.97. The summed E-state index contributed by atoms with van der Waals surface area (Å²) in [7, 11) is -3.73. The number of para-hydroxylation sites is 2. The Balaban J connectivity index is 1.56. The number of sulfone groups is 1. The average Bonchev–Trinajstić information content (AvgIpc) is 3.33. The molecule has 160 valence electrons. The van der Waals surface area contributed by atoms with Crippen molar-refractivity contribution in [2.45, 2.75) is 4.90 Å². The summed E-state index contributed by atoms with van der Waals surface area (Å²) in [5.41, 5.74) is 4.23. The first-order chi connectivity index (χ1) is 16.0. The summed E-state index contributed by atoms with van der Waals surface area (Å²) < 4.78 is 28.0. The monoisotopic (exact) mass is 450 g/mol. The second-order valence-corrected chi connectivity index (χ2v) is 9.74. The van der Waals surface area contributed by atoms with Crippen molar-refractivity contribution in [2.75, 3.05) is 0 Å². The van der Waals surface area contributed by atoms with E-state index in [9.17, 15) is 13.2 Å². The Morgan fingerprint density at radius 2 is 1.30 bits per heavy atom. The molecular formula is C27H18N2O3S. The molecule has 1 aliphatic rings. The van der Waals surface area contributed by atoms with Gasteiger partial charge >= 0.3 is 0 Å². The molecule has 0 saturated carbocycles. The van der Waals surface area contributed by atoms with Gasteiger partial charge < -0.3 is 9.88 Å². The number of aromatic nitrogens is 1. The highest BCUT2D eigenvalue weighted by molar-refractivity contribution is 7.94. The van der Waals surface area contributed by atoms with Crippen molar-refractivity contribution in [1.29, 1.82) is 0 Å². The number of hydrogen-bond donors (Lipinski definition) is 1. The van der Waals surface area contributed by atoms with Crippen LogP contribution in [0.5, 0.6) is 0 Å². The number of carbonyl (C=O) groups excluding carboxylic acids is 1. The van der Waals surface area contributed by atoms with Crippen molar-refractivity contribution >= 4 is 43.2 Å². The van der Waals surface area contributed by atoms with Gasteiger partial charge in [-0.1, -0.05) is 54.6 Å². The van der Waals surface area contributed by atoms with Gasteiger partial charge in [-0.25, -0.2) is 8.42 Å². The zero-order valence-electron chi connectivity index (χ0n) is 17.4. The predicted octanol–water partition coefficient (Wildman–Crippen LogP) is 5.30. The zero-order valence-corrected chi connectivity index (χ0v) is 18.2. The van der Waals surface area contributed by atoms with Crippen LogP contribution in [-0.2, 0) is 9.84 Å². The maximum Gasteiger partial charge on any atom is 0.256 e. The summed E-state index contributed by atoms with van der Waals surface area (Å²) >= 11 is 0. The molecule has 0 atom stereocenters. The maximum absolute atomic E-state index is 12.9. The van der Waals surface area contributed by atoms with Gasteiger partial charge in [0.1, 0.15) is 0 Å². The van der Waals surface area contributed by atoms with Gasteiger partial charge in [-0.3, -0.25) is 4.79 Å². The molecule has 6 rings (SSSR count). The number of hydrogen-bond acceptors (Lipinski definition) is 3. The summed E-state index contributed by atoms with van der Waals surface area (Å²) in [6.07, 6.45) is 0. The summed E-state index contributed by atoms with van der Waals surface area (Å²) in [5.74, 6) is -0.312. The molecule has 5 aromatic rings. The SMILES string of the molecule is O=C1N/C(=C\S(=O)(=O)c2ccccc2)c2cc(-n3c4ccccc4c4ccccc43)ccc21. The average molecular weight is 451 g/mol. The Bertz CT molecular complexity index is 1660. The van der Waals surface area contributed by atoms with Crippen LogP contribution in [0.1, 0.15) is 15.9 Å². The van der Waals surface area contributed by atoms with Crippen LogP contribution in [0.25, 0.3) is 33.2 Å². The summed E-state index contributed by atoms with van der Waals surface area (Å²) in [4.78, 5) is 12.7. The van der Waals surface area contributed by atoms with Crippen LogP contribution in [0.2, 0.25) is 0 Å². The van der Waals surface area contributed by atoms with E-state index in [-0.39, 0.29) is 16.5 Å². The minimum atomic E-state index is -3.73.